The molecule has 1 aromatic carbocycles. The number of hydrogen-bond acceptors (Lipinski definition) is 6. The van der Waals surface area contributed by atoms with Gasteiger partial charge in [-0.2, -0.15) is 52.7 Å². The van der Waals surface area contributed by atoms with Crippen molar-refractivity contribution in [1.29, 1.82) is 0 Å². The van der Waals surface area contributed by atoms with E-state index in [1.807, 2.05) is 0 Å². The fourth-order valence-corrected chi connectivity index (χ4v) is 5.34. The van der Waals surface area contributed by atoms with Crippen LogP contribution in [0, 0.1) is 0 Å². The Bertz CT molecular complexity index is 805. The Morgan fingerprint density at radius 2 is 0.667 bits per heavy atom. The third-order valence-corrected chi connectivity index (χ3v) is 7.07. The first kappa shape index (κ1) is 32.7. The standard InChI is InChI=1S/C16H16F12O6P2/c17-13(18,19)7-31-35(29,32-8-14(20,21)22)5-11-1-2-12(4-3-11)6-36(30,33-9-15(23,24)25)34-10-16(26,27)28/h1-4H,5-10H2. The van der Waals surface area contributed by atoms with E-state index in [1.54, 1.807) is 0 Å². The van der Waals surface area contributed by atoms with Crippen molar-refractivity contribution >= 4 is 15.2 Å². The molecule has 0 heterocycles. The van der Waals surface area contributed by atoms with Crippen molar-refractivity contribution in [3.63, 3.8) is 0 Å². The second-order valence-corrected chi connectivity index (χ2v) is 11.0. The number of alkyl halides is 12. The minimum Gasteiger partial charge on any atom is -0.299 e. The number of benzene rings is 1. The summed E-state index contributed by atoms with van der Waals surface area (Å²) in [6, 6.07) is 3.53. The van der Waals surface area contributed by atoms with Crippen LogP contribution < -0.4 is 0 Å². The maximum Gasteiger partial charge on any atom is 0.412 e. The molecule has 0 radical (unpaired) electrons. The van der Waals surface area contributed by atoms with Crippen molar-refractivity contribution < 1.29 is 79.9 Å². The lowest BCUT2D eigenvalue weighted by Crippen LogP contribution is -2.20. The molecule has 0 aromatic heterocycles. The van der Waals surface area contributed by atoms with Crippen molar-refractivity contribution in [1.82, 2.24) is 0 Å². The molecular formula is C16H16F12O6P2. The molecular weight excluding hydrogens is 578 g/mol. The topological polar surface area (TPSA) is 71.1 Å². The Hall–Kier alpha value is -1.32. The van der Waals surface area contributed by atoms with Gasteiger partial charge >= 0.3 is 39.9 Å². The monoisotopic (exact) mass is 594 g/mol. The van der Waals surface area contributed by atoms with Crippen LogP contribution in [0.25, 0.3) is 0 Å². The van der Waals surface area contributed by atoms with Crippen molar-refractivity contribution in [2.24, 2.45) is 0 Å². The van der Waals surface area contributed by atoms with Crippen molar-refractivity contribution in [2.75, 3.05) is 26.4 Å². The van der Waals surface area contributed by atoms with E-state index in [4.69, 9.17) is 0 Å². The van der Waals surface area contributed by atoms with Crippen molar-refractivity contribution in [3.8, 4) is 0 Å². The first-order valence-corrected chi connectivity index (χ1v) is 12.5. The lowest BCUT2D eigenvalue weighted by molar-refractivity contribution is -0.166. The molecule has 36 heavy (non-hydrogen) atoms. The van der Waals surface area contributed by atoms with E-state index in [9.17, 15) is 61.8 Å². The molecule has 0 amide bonds. The maximum atomic E-state index is 12.4. The van der Waals surface area contributed by atoms with Crippen molar-refractivity contribution in [3.05, 3.63) is 35.4 Å². The molecule has 1 aromatic rings. The van der Waals surface area contributed by atoms with Crippen LogP contribution in [-0.4, -0.2) is 51.1 Å². The smallest absolute Gasteiger partial charge is 0.299 e. The van der Waals surface area contributed by atoms with Gasteiger partial charge in [0.15, 0.2) is 26.4 Å². The van der Waals surface area contributed by atoms with E-state index in [2.05, 4.69) is 18.1 Å². The van der Waals surface area contributed by atoms with Crippen LogP contribution in [0.4, 0.5) is 52.7 Å². The van der Waals surface area contributed by atoms with E-state index >= 15 is 0 Å². The summed E-state index contributed by atoms with van der Waals surface area (Å²) in [6.07, 6.45) is -22.5. The average molecular weight is 594 g/mol. The number of rotatable bonds is 12. The van der Waals surface area contributed by atoms with Gasteiger partial charge in [0.2, 0.25) is 0 Å². The van der Waals surface area contributed by atoms with E-state index in [0.717, 1.165) is 24.3 Å². The van der Waals surface area contributed by atoms with Gasteiger partial charge in [-0.25, -0.2) is 0 Å². The lowest BCUT2D eigenvalue weighted by atomic mass is 10.2. The average Bonchev–Trinajstić information content (AvgIpc) is 2.68. The highest BCUT2D eigenvalue weighted by Gasteiger charge is 2.40. The number of halogens is 12. The zero-order chi connectivity index (χ0) is 28.1. The highest BCUT2D eigenvalue weighted by Crippen LogP contribution is 2.55. The Balaban J connectivity index is 3.04. The zero-order valence-corrected chi connectivity index (χ0v) is 19.2. The van der Waals surface area contributed by atoms with Crippen LogP contribution >= 0.6 is 15.2 Å². The second-order valence-electron chi connectivity index (χ2n) is 6.91. The van der Waals surface area contributed by atoms with Gasteiger partial charge in [0.05, 0.1) is 12.3 Å². The first-order valence-electron chi connectivity index (χ1n) is 9.09. The van der Waals surface area contributed by atoms with E-state index < -0.39 is 78.6 Å². The highest BCUT2D eigenvalue weighted by atomic mass is 31.2. The van der Waals surface area contributed by atoms with Crippen LogP contribution in [0.2, 0.25) is 0 Å². The van der Waals surface area contributed by atoms with Gasteiger partial charge < -0.3 is 0 Å². The second kappa shape index (κ2) is 12.0. The molecule has 0 fully saturated rings. The summed E-state index contributed by atoms with van der Waals surface area (Å²) in [4.78, 5) is 0. The molecule has 6 nitrogen and oxygen atoms in total. The van der Waals surface area contributed by atoms with Gasteiger partial charge in [0, 0.05) is 0 Å². The molecule has 1 rings (SSSR count). The van der Waals surface area contributed by atoms with Gasteiger partial charge in [-0.15, -0.1) is 0 Å². The van der Waals surface area contributed by atoms with Gasteiger partial charge in [-0.1, -0.05) is 24.3 Å². The molecule has 0 saturated heterocycles. The molecule has 0 aliphatic carbocycles. The van der Waals surface area contributed by atoms with Crippen molar-refractivity contribution in [2.45, 2.75) is 37.0 Å². The SMILES string of the molecule is O=P(Cc1ccc(CP(=O)(OCC(F)(F)F)OCC(F)(F)F)cc1)(OCC(F)(F)F)OCC(F)(F)F. The Labute approximate surface area is 194 Å². The van der Waals surface area contributed by atoms with Gasteiger partial charge in [0.1, 0.15) is 0 Å². The zero-order valence-electron chi connectivity index (χ0n) is 17.4. The fourth-order valence-electron chi connectivity index (χ4n) is 2.14. The Morgan fingerprint density at radius 3 is 0.833 bits per heavy atom. The summed E-state index contributed by atoms with van der Waals surface area (Å²) in [5, 5.41) is 0. The fraction of sp³-hybridized carbons (Fsp3) is 0.625. The third-order valence-electron chi connectivity index (χ3n) is 3.48. The highest BCUT2D eigenvalue weighted by molar-refractivity contribution is 7.53. The molecule has 0 aliphatic rings. The molecule has 210 valence electrons. The first-order chi connectivity index (χ1) is 16.0. The number of hydrogen-bond donors (Lipinski definition) is 0. The van der Waals surface area contributed by atoms with E-state index in [-0.39, 0.29) is 11.1 Å². The van der Waals surface area contributed by atoms with Gasteiger partial charge in [0.25, 0.3) is 0 Å². The lowest BCUT2D eigenvalue weighted by Gasteiger charge is -2.21. The Kier molecular flexibility index (Phi) is 10.9. The summed E-state index contributed by atoms with van der Waals surface area (Å²) in [5.74, 6) is 0. The predicted molar refractivity (Wildman–Crippen MR) is 97.1 cm³/mol. The minimum atomic E-state index is -5.07. The van der Waals surface area contributed by atoms with Crippen LogP contribution in [0.1, 0.15) is 11.1 Å². The third kappa shape index (κ3) is 15.1. The van der Waals surface area contributed by atoms with E-state index in [0.29, 0.717) is 0 Å². The van der Waals surface area contributed by atoms with E-state index in [1.165, 1.54) is 0 Å². The molecule has 20 heteroatoms. The minimum absolute atomic E-state index is 0.256. The van der Waals surface area contributed by atoms with Gasteiger partial charge in [-0.3, -0.25) is 27.2 Å². The quantitative estimate of drug-likeness (QED) is 0.186. The molecule has 0 unspecified atom stereocenters. The predicted octanol–water partition coefficient (Wildman–Crippen LogP) is 7.39. The summed E-state index contributed by atoms with van der Waals surface area (Å²) in [5.41, 5.74) is -0.512. The maximum absolute atomic E-state index is 12.4. The van der Waals surface area contributed by atoms with Gasteiger partial charge in [-0.05, 0) is 11.1 Å². The molecule has 0 aliphatic heterocycles. The van der Waals surface area contributed by atoms with Crippen LogP contribution in [0.15, 0.2) is 24.3 Å². The summed E-state index contributed by atoms with van der Waals surface area (Å²) < 4.78 is 189. The van der Waals surface area contributed by atoms with Crippen LogP contribution in [0.3, 0.4) is 0 Å². The summed E-state index contributed by atoms with van der Waals surface area (Å²) in [7, 11) is -10.1. The molecule has 0 spiro atoms. The van der Waals surface area contributed by atoms with Crippen LogP contribution in [-0.2, 0) is 39.5 Å². The molecule has 0 N–H and O–H groups in total. The molecule has 0 bridgehead atoms. The van der Waals surface area contributed by atoms with Crippen LogP contribution in [0.5, 0.6) is 0 Å². The summed E-state index contributed by atoms with van der Waals surface area (Å²) in [6.45, 7) is -8.85. The largest absolute Gasteiger partial charge is 0.412 e. The Morgan fingerprint density at radius 1 is 0.472 bits per heavy atom. The normalized spacial score (nSPS) is 14.3. The molecule has 0 atom stereocenters. The summed E-state index contributed by atoms with van der Waals surface area (Å²) >= 11 is 0. The molecule has 0 saturated carbocycles.